The highest BCUT2D eigenvalue weighted by atomic mass is 19.1. The fraction of sp³-hybridized carbons (Fsp3) is 0.0909. The Morgan fingerprint density at radius 2 is 1.71 bits per heavy atom. The molecule has 0 saturated carbocycles. The minimum absolute atomic E-state index is 0.179. The van der Waals surface area contributed by atoms with Gasteiger partial charge in [0.1, 0.15) is 29.6 Å². The minimum atomic E-state index is -0.376. The molecule has 2 heterocycles. The molecule has 0 unspecified atom stereocenters. The van der Waals surface area contributed by atoms with Crippen LogP contribution < -0.4 is 4.74 Å². The average molecular weight is 377 g/mol. The first-order valence-electron chi connectivity index (χ1n) is 8.63. The van der Waals surface area contributed by atoms with Gasteiger partial charge < -0.3 is 13.6 Å². The monoisotopic (exact) mass is 377 g/mol. The number of halogens is 1. The Kier molecular flexibility index (Phi) is 4.76. The molecule has 0 N–H and O–H groups in total. The molecule has 0 aliphatic rings. The number of aryl methyl sites for hydroxylation is 1. The number of nitrogens with zero attached hydrogens (tertiary/aromatic N) is 1. The van der Waals surface area contributed by atoms with Crippen molar-refractivity contribution in [2.24, 2.45) is 0 Å². The van der Waals surface area contributed by atoms with Crippen LogP contribution >= 0.6 is 0 Å². The highest BCUT2D eigenvalue weighted by Crippen LogP contribution is 2.23. The summed E-state index contributed by atoms with van der Waals surface area (Å²) in [6.45, 7) is 2.03. The maximum Gasteiger partial charge on any atom is 0.263 e. The Balaban J connectivity index is 1.42. The molecule has 0 fully saturated rings. The van der Waals surface area contributed by atoms with Crippen LogP contribution in [0.1, 0.15) is 27.4 Å². The molecule has 2 aromatic carbocycles. The van der Waals surface area contributed by atoms with Crippen molar-refractivity contribution in [3.05, 3.63) is 95.3 Å². The van der Waals surface area contributed by atoms with E-state index in [1.165, 1.54) is 24.3 Å². The molecule has 0 aliphatic carbocycles. The fourth-order valence-corrected chi connectivity index (χ4v) is 2.69. The molecule has 0 aliphatic heterocycles. The summed E-state index contributed by atoms with van der Waals surface area (Å²) in [5, 5.41) is 0. The van der Waals surface area contributed by atoms with Crippen molar-refractivity contribution in [2.45, 2.75) is 13.5 Å². The van der Waals surface area contributed by atoms with E-state index in [2.05, 4.69) is 4.98 Å². The van der Waals surface area contributed by atoms with Crippen molar-refractivity contribution >= 4 is 5.78 Å². The zero-order chi connectivity index (χ0) is 19.5. The number of ketones is 1. The standard InChI is InChI=1S/C22H16FNO4/c1-14-19(24-22(28-14)20-3-2-12-26-20)13-27-18-10-6-16(7-11-18)21(25)15-4-8-17(23)9-5-15/h2-12H,13H2,1H3. The first kappa shape index (κ1) is 17.7. The van der Waals surface area contributed by atoms with Crippen LogP contribution in [-0.4, -0.2) is 10.8 Å². The molecule has 4 aromatic rings. The third-order valence-electron chi connectivity index (χ3n) is 4.22. The zero-order valence-electron chi connectivity index (χ0n) is 15.0. The summed E-state index contributed by atoms with van der Waals surface area (Å²) in [4.78, 5) is 16.8. The molecule has 0 radical (unpaired) electrons. The minimum Gasteiger partial charge on any atom is -0.487 e. The Labute approximate surface area is 160 Å². The predicted molar refractivity (Wildman–Crippen MR) is 99.5 cm³/mol. The van der Waals surface area contributed by atoms with E-state index in [1.807, 2.05) is 6.92 Å². The maximum absolute atomic E-state index is 13.0. The lowest BCUT2D eigenvalue weighted by Gasteiger charge is -2.06. The van der Waals surface area contributed by atoms with Gasteiger partial charge in [-0.2, -0.15) is 0 Å². The summed E-state index contributed by atoms with van der Waals surface area (Å²) in [5.74, 6) is 1.65. The number of rotatable bonds is 6. The van der Waals surface area contributed by atoms with Gasteiger partial charge in [-0.15, -0.1) is 0 Å². The Morgan fingerprint density at radius 1 is 1.04 bits per heavy atom. The molecule has 2 aromatic heterocycles. The largest absolute Gasteiger partial charge is 0.487 e. The smallest absolute Gasteiger partial charge is 0.263 e. The van der Waals surface area contributed by atoms with E-state index in [-0.39, 0.29) is 18.2 Å². The number of aromatic nitrogens is 1. The quantitative estimate of drug-likeness (QED) is 0.433. The van der Waals surface area contributed by atoms with Crippen LogP contribution in [-0.2, 0) is 6.61 Å². The van der Waals surface area contributed by atoms with Crippen LogP contribution in [0.4, 0.5) is 4.39 Å². The van der Waals surface area contributed by atoms with Gasteiger partial charge in [-0.1, -0.05) is 0 Å². The lowest BCUT2D eigenvalue weighted by Crippen LogP contribution is -2.02. The van der Waals surface area contributed by atoms with Gasteiger partial charge in [-0.25, -0.2) is 9.37 Å². The molecule has 6 heteroatoms. The Hall–Kier alpha value is -3.67. The second kappa shape index (κ2) is 7.52. The first-order chi connectivity index (χ1) is 13.6. The number of hydrogen-bond donors (Lipinski definition) is 0. The molecule has 0 bridgehead atoms. The van der Waals surface area contributed by atoms with Gasteiger partial charge in [-0.3, -0.25) is 4.79 Å². The molecule has 28 heavy (non-hydrogen) atoms. The highest BCUT2D eigenvalue weighted by Gasteiger charge is 2.14. The van der Waals surface area contributed by atoms with E-state index in [1.54, 1.807) is 42.7 Å². The van der Waals surface area contributed by atoms with Gasteiger partial charge in [0.25, 0.3) is 5.89 Å². The topological polar surface area (TPSA) is 65.5 Å². The number of benzene rings is 2. The van der Waals surface area contributed by atoms with Gasteiger partial charge in [0.2, 0.25) is 0 Å². The first-order valence-corrected chi connectivity index (χ1v) is 8.63. The van der Waals surface area contributed by atoms with Crippen molar-refractivity contribution < 1.29 is 22.8 Å². The highest BCUT2D eigenvalue weighted by molar-refractivity contribution is 6.08. The summed E-state index contributed by atoms with van der Waals surface area (Å²) >= 11 is 0. The van der Waals surface area contributed by atoms with E-state index < -0.39 is 0 Å². The zero-order valence-corrected chi connectivity index (χ0v) is 15.0. The van der Waals surface area contributed by atoms with Gasteiger partial charge >= 0.3 is 0 Å². The van der Waals surface area contributed by atoms with E-state index in [4.69, 9.17) is 13.6 Å². The van der Waals surface area contributed by atoms with E-state index in [9.17, 15) is 9.18 Å². The van der Waals surface area contributed by atoms with Crippen molar-refractivity contribution in [3.8, 4) is 17.4 Å². The normalized spacial score (nSPS) is 10.8. The van der Waals surface area contributed by atoms with Crippen molar-refractivity contribution in [2.75, 3.05) is 0 Å². The number of carbonyl (C=O) groups is 1. The summed E-state index contributed by atoms with van der Waals surface area (Å²) in [7, 11) is 0. The molecule has 0 amide bonds. The third kappa shape index (κ3) is 3.71. The van der Waals surface area contributed by atoms with E-state index in [0.717, 1.165) is 0 Å². The second-order valence-corrected chi connectivity index (χ2v) is 6.15. The van der Waals surface area contributed by atoms with Crippen LogP contribution in [0, 0.1) is 12.7 Å². The molecule has 4 rings (SSSR count). The molecule has 0 saturated heterocycles. The van der Waals surface area contributed by atoms with Gasteiger partial charge in [-0.05, 0) is 67.6 Å². The molecule has 0 atom stereocenters. The average Bonchev–Trinajstić information content (AvgIpc) is 3.37. The van der Waals surface area contributed by atoms with Crippen LogP contribution in [0.25, 0.3) is 11.7 Å². The maximum atomic E-state index is 13.0. The van der Waals surface area contributed by atoms with Crippen LogP contribution in [0.3, 0.4) is 0 Å². The molecule has 140 valence electrons. The fourth-order valence-electron chi connectivity index (χ4n) is 2.69. The lowest BCUT2D eigenvalue weighted by atomic mass is 10.0. The number of carbonyl (C=O) groups excluding carboxylic acids is 1. The van der Waals surface area contributed by atoms with E-state index in [0.29, 0.717) is 40.0 Å². The van der Waals surface area contributed by atoms with Crippen molar-refractivity contribution in [3.63, 3.8) is 0 Å². The number of hydrogen-bond acceptors (Lipinski definition) is 5. The molecule has 0 spiro atoms. The summed E-state index contributed by atoms with van der Waals surface area (Å²) in [6, 6.07) is 15.8. The molecular weight excluding hydrogens is 361 g/mol. The molecular formula is C22H16FNO4. The molecule has 5 nitrogen and oxygen atoms in total. The number of furan rings is 1. The number of oxazole rings is 1. The summed E-state index contributed by atoms with van der Waals surface area (Å²) in [6.07, 6.45) is 1.56. The van der Waals surface area contributed by atoms with Gasteiger partial charge in [0.05, 0.1) is 6.26 Å². The second-order valence-electron chi connectivity index (χ2n) is 6.15. The number of ether oxygens (including phenoxy) is 1. The van der Waals surface area contributed by atoms with E-state index >= 15 is 0 Å². The predicted octanol–water partition coefficient (Wildman–Crippen LogP) is 5.19. The van der Waals surface area contributed by atoms with Gasteiger partial charge in [0.15, 0.2) is 11.5 Å². The van der Waals surface area contributed by atoms with Crippen molar-refractivity contribution in [1.82, 2.24) is 4.98 Å². The Morgan fingerprint density at radius 3 is 2.36 bits per heavy atom. The summed E-state index contributed by atoms with van der Waals surface area (Å²) < 4.78 is 29.6. The lowest BCUT2D eigenvalue weighted by molar-refractivity contribution is 0.103. The summed E-state index contributed by atoms with van der Waals surface area (Å²) in [5.41, 5.74) is 1.59. The SMILES string of the molecule is Cc1oc(-c2ccco2)nc1COc1ccc(C(=O)c2ccc(F)cc2)cc1. The van der Waals surface area contributed by atoms with Crippen molar-refractivity contribution in [1.29, 1.82) is 0 Å². The van der Waals surface area contributed by atoms with Crippen LogP contribution in [0.15, 0.2) is 75.8 Å². The van der Waals surface area contributed by atoms with Crippen LogP contribution in [0.5, 0.6) is 5.75 Å². The van der Waals surface area contributed by atoms with Crippen LogP contribution in [0.2, 0.25) is 0 Å². The van der Waals surface area contributed by atoms with Gasteiger partial charge in [0, 0.05) is 11.1 Å². The third-order valence-corrected chi connectivity index (χ3v) is 4.22. The Bertz CT molecular complexity index is 1080.